The second-order valence-corrected chi connectivity index (χ2v) is 6.34. The van der Waals surface area contributed by atoms with E-state index >= 15 is 0 Å². The van der Waals surface area contributed by atoms with Gasteiger partial charge in [-0.3, -0.25) is 0 Å². The molecule has 0 heterocycles. The maximum atomic E-state index is 5.79. The molecule has 0 N–H and O–H groups in total. The van der Waals surface area contributed by atoms with E-state index in [-0.39, 0.29) is 0 Å². The summed E-state index contributed by atoms with van der Waals surface area (Å²) in [4.78, 5) is 0. The third-order valence-electron chi connectivity index (χ3n) is 1.04. The van der Waals surface area contributed by atoms with Crippen molar-refractivity contribution in [3.05, 3.63) is 38.9 Å². The number of benzene rings is 1. The average Bonchev–Trinajstić information content (AvgIpc) is 2.06. The molecule has 0 bridgehead atoms. The summed E-state index contributed by atoms with van der Waals surface area (Å²) in [5.41, 5.74) is 1.46. The van der Waals surface area contributed by atoms with E-state index < -0.39 is 20.9 Å². The van der Waals surface area contributed by atoms with Crippen LogP contribution in [0.3, 0.4) is 0 Å². The van der Waals surface area contributed by atoms with E-state index in [0.29, 0.717) is 0 Å². The number of hydrogen-bond donors (Lipinski definition) is 0. The van der Waals surface area contributed by atoms with E-state index in [1.807, 2.05) is 18.2 Å². The van der Waals surface area contributed by atoms with Crippen molar-refractivity contribution in [1.29, 1.82) is 0 Å². The molecule has 0 spiro atoms. The van der Waals surface area contributed by atoms with E-state index in [9.17, 15) is 0 Å². The van der Waals surface area contributed by atoms with Gasteiger partial charge in [-0.15, -0.1) is 0 Å². The van der Waals surface area contributed by atoms with Gasteiger partial charge in [-0.2, -0.15) is 0 Å². The van der Waals surface area contributed by atoms with Crippen molar-refractivity contribution >= 4 is 47.7 Å². The van der Waals surface area contributed by atoms with Crippen LogP contribution in [0, 0.1) is 0 Å². The van der Waals surface area contributed by atoms with Gasteiger partial charge in [0.05, 0.1) is 0 Å². The van der Waals surface area contributed by atoms with Crippen LogP contribution in [0.2, 0.25) is 0 Å². The molecule has 0 aromatic heterocycles. The zero-order valence-corrected chi connectivity index (χ0v) is 9.47. The quantitative estimate of drug-likeness (QED) is 0.735. The van der Waals surface area contributed by atoms with Crippen LogP contribution in [0.1, 0.15) is 0 Å². The van der Waals surface area contributed by atoms with Gasteiger partial charge < -0.3 is 0 Å². The van der Waals surface area contributed by atoms with Gasteiger partial charge in [0.1, 0.15) is 0 Å². The third kappa shape index (κ3) is 3.49. The van der Waals surface area contributed by atoms with Gasteiger partial charge in [-0.25, -0.2) is 0 Å². The van der Waals surface area contributed by atoms with E-state index in [2.05, 4.69) is 12.1 Å². The molecule has 1 aromatic carbocycles. The fourth-order valence-corrected chi connectivity index (χ4v) is 3.13. The van der Waals surface area contributed by atoms with E-state index in [1.165, 1.54) is 9.15 Å². The van der Waals surface area contributed by atoms with E-state index in [1.54, 1.807) is 0 Å². The van der Waals surface area contributed by atoms with Crippen LogP contribution in [0.25, 0.3) is 0 Å². The van der Waals surface area contributed by atoms with Gasteiger partial charge in [0.2, 0.25) is 0 Å². The Labute approximate surface area is 86.3 Å². The van der Waals surface area contributed by atoms with Crippen LogP contribution in [0.15, 0.2) is 38.9 Å². The zero-order valence-electron chi connectivity index (χ0n) is 5.63. The number of hydrogen-bond acceptors (Lipinski definition) is 0. The molecule has 3 heteroatoms. The second-order valence-electron chi connectivity index (χ2n) is 1.83. The molecular weight excluding hydrogens is 295 g/mol. The van der Waals surface area contributed by atoms with Crippen LogP contribution < -0.4 is 3.61 Å². The van der Waals surface area contributed by atoms with Crippen molar-refractivity contribution in [3.63, 3.8) is 0 Å². The monoisotopic (exact) mass is 302 g/mol. The minimum atomic E-state index is -0.415. The van der Waals surface area contributed by atoms with Gasteiger partial charge in [-0.05, 0) is 0 Å². The molecule has 58 valence electrons. The molecule has 0 amide bonds. The van der Waals surface area contributed by atoms with Crippen molar-refractivity contribution in [2.24, 2.45) is 0 Å². The Hall–Kier alpha value is 0.330. The molecule has 0 aliphatic rings. The van der Waals surface area contributed by atoms with Crippen LogP contribution in [0.5, 0.6) is 0 Å². The summed E-state index contributed by atoms with van der Waals surface area (Å²) in [5, 5.41) is 0. The number of rotatable bonds is 2. The van der Waals surface area contributed by atoms with Crippen LogP contribution in [0.4, 0.5) is 0 Å². The maximum absolute atomic E-state index is 5.79. The molecule has 1 aromatic rings. The van der Waals surface area contributed by atoms with E-state index in [4.69, 9.17) is 23.2 Å². The fourth-order valence-electron chi connectivity index (χ4n) is 0.623. The molecule has 0 nitrogen and oxygen atoms in total. The Balaban J connectivity index is 2.65. The second kappa shape index (κ2) is 5.06. The van der Waals surface area contributed by atoms with Crippen molar-refractivity contribution in [2.75, 3.05) is 0 Å². The molecule has 0 saturated carbocycles. The number of halogens is 2. The first-order chi connectivity index (χ1) is 5.33. The topological polar surface area (TPSA) is 0 Å². The third-order valence-corrected chi connectivity index (χ3v) is 4.75. The molecule has 0 saturated heterocycles. The zero-order chi connectivity index (χ0) is 8.10. The molecule has 0 radical (unpaired) electrons. The normalized spacial score (nSPS) is 11.6. The summed E-state index contributed by atoms with van der Waals surface area (Å²) in [6.07, 6.45) is 0. The minimum absolute atomic E-state index is 0.415. The molecule has 11 heavy (non-hydrogen) atoms. The Morgan fingerprint density at radius 2 is 1.91 bits per heavy atom. The Morgan fingerprint density at radius 3 is 2.45 bits per heavy atom. The molecule has 1 rings (SSSR count). The van der Waals surface area contributed by atoms with Gasteiger partial charge in [0.15, 0.2) is 0 Å². The molecular formula is C8H6Cl2Te. The Bertz CT molecular complexity index is 244. The SMILES string of the molecule is ClC=C(Cl)[Te]c1ccccc1. The van der Waals surface area contributed by atoms with Gasteiger partial charge in [-0.1, -0.05) is 0 Å². The van der Waals surface area contributed by atoms with Crippen molar-refractivity contribution in [3.8, 4) is 0 Å². The molecule has 0 unspecified atom stereocenters. The van der Waals surface area contributed by atoms with Crippen LogP contribution in [-0.2, 0) is 0 Å². The summed E-state index contributed by atoms with van der Waals surface area (Å²) < 4.78 is 2.10. The average molecular weight is 301 g/mol. The molecule has 0 atom stereocenters. The molecule has 0 aliphatic carbocycles. The van der Waals surface area contributed by atoms with Crippen molar-refractivity contribution in [2.45, 2.75) is 0 Å². The summed E-state index contributed by atoms with van der Waals surface area (Å²) >= 11 is 10.8. The first-order valence-electron chi connectivity index (χ1n) is 3.01. The van der Waals surface area contributed by atoms with Crippen molar-refractivity contribution < 1.29 is 0 Å². The Kier molecular flexibility index (Phi) is 4.33. The van der Waals surface area contributed by atoms with Crippen LogP contribution in [-0.4, -0.2) is 20.9 Å². The first-order valence-corrected chi connectivity index (χ1v) is 6.16. The summed E-state index contributed by atoms with van der Waals surface area (Å²) in [7, 11) is 0. The van der Waals surface area contributed by atoms with Gasteiger partial charge in [0, 0.05) is 0 Å². The van der Waals surface area contributed by atoms with Gasteiger partial charge >= 0.3 is 86.7 Å². The molecule has 0 fully saturated rings. The van der Waals surface area contributed by atoms with Crippen molar-refractivity contribution in [1.82, 2.24) is 0 Å². The summed E-state index contributed by atoms with van der Waals surface area (Å²) in [6.45, 7) is 0. The summed E-state index contributed by atoms with van der Waals surface area (Å²) in [6, 6.07) is 10.2. The van der Waals surface area contributed by atoms with Crippen LogP contribution >= 0.6 is 23.2 Å². The fraction of sp³-hybridized carbons (Fsp3) is 0. The van der Waals surface area contributed by atoms with Gasteiger partial charge in [0.25, 0.3) is 0 Å². The predicted octanol–water partition coefficient (Wildman–Crippen LogP) is 2.29. The predicted molar refractivity (Wildman–Crippen MR) is 51.6 cm³/mol. The van der Waals surface area contributed by atoms with E-state index in [0.717, 1.165) is 3.08 Å². The summed E-state index contributed by atoms with van der Waals surface area (Å²) in [5.74, 6) is 0. The standard InChI is InChI=1S/C8H6Cl2Te/c9-6-8(10)11-7-4-2-1-3-5-7/h1-6H. The molecule has 0 aliphatic heterocycles. The Morgan fingerprint density at radius 1 is 1.27 bits per heavy atom. The first kappa shape index (κ1) is 9.42.